The number of rotatable bonds is 4. The predicted octanol–water partition coefficient (Wildman–Crippen LogP) is 4.59. The number of ether oxygens (including phenoxy) is 2. The average molecular weight is 295 g/mol. The van der Waals surface area contributed by atoms with E-state index in [-0.39, 0.29) is 17.3 Å². The number of benzene rings is 1. The van der Waals surface area contributed by atoms with Gasteiger partial charge in [0.2, 0.25) is 0 Å². The van der Waals surface area contributed by atoms with Crippen LogP contribution in [-0.2, 0) is 16.1 Å². The molecule has 0 radical (unpaired) electrons. The van der Waals surface area contributed by atoms with Crippen molar-refractivity contribution in [2.24, 2.45) is 5.92 Å². The van der Waals surface area contributed by atoms with Gasteiger partial charge in [-0.25, -0.2) is 0 Å². The lowest BCUT2D eigenvalue weighted by Crippen LogP contribution is -2.38. The van der Waals surface area contributed by atoms with Gasteiger partial charge < -0.3 is 9.47 Å². The molecule has 0 aromatic heterocycles. The van der Waals surface area contributed by atoms with Crippen molar-refractivity contribution >= 4 is 11.6 Å². The summed E-state index contributed by atoms with van der Waals surface area (Å²) in [5, 5.41) is 0.778. The van der Waals surface area contributed by atoms with Crippen LogP contribution in [0.1, 0.15) is 45.6 Å². The predicted molar refractivity (Wildman–Crippen MR) is 80.9 cm³/mol. The average Bonchev–Trinajstić information content (AvgIpc) is 2.90. The van der Waals surface area contributed by atoms with Gasteiger partial charge in [-0.1, -0.05) is 43.6 Å². The molecule has 1 aromatic carbocycles. The highest BCUT2D eigenvalue weighted by Gasteiger charge is 2.60. The third-order valence-corrected chi connectivity index (χ3v) is 5.51. The van der Waals surface area contributed by atoms with Gasteiger partial charge in [0.15, 0.2) is 0 Å². The molecule has 2 heterocycles. The van der Waals surface area contributed by atoms with Crippen molar-refractivity contribution in [3.05, 3.63) is 34.9 Å². The first-order valence-corrected chi connectivity index (χ1v) is 7.88. The molecule has 2 bridgehead atoms. The molecule has 0 unspecified atom stereocenters. The normalized spacial score (nSPS) is 36.0. The van der Waals surface area contributed by atoms with E-state index < -0.39 is 0 Å². The SMILES string of the molecule is CC(C)[C@@]12CC[C@@](C)(O1)[C@H](OCc1ccccc1Cl)C2. The molecule has 3 heteroatoms. The number of hydrogen-bond donors (Lipinski definition) is 0. The van der Waals surface area contributed by atoms with E-state index in [4.69, 9.17) is 21.1 Å². The largest absolute Gasteiger partial charge is 0.370 e. The topological polar surface area (TPSA) is 18.5 Å². The van der Waals surface area contributed by atoms with Crippen LogP contribution in [0.2, 0.25) is 5.02 Å². The van der Waals surface area contributed by atoms with Gasteiger partial charge in [0.25, 0.3) is 0 Å². The van der Waals surface area contributed by atoms with Crippen molar-refractivity contribution < 1.29 is 9.47 Å². The van der Waals surface area contributed by atoms with Crippen LogP contribution in [-0.4, -0.2) is 17.3 Å². The number of halogens is 1. The Morgan fingerprint density at radius 2 is 2.10 bits per heavy atom. The smallest absolute Gasteiger partial charge is 0.0924 e. The minimum Gasteiger partial charge on any atom is -0.370 e. The summed E-state index contributed by atoms with van der Waals surface area (Å²) in [5.41, 5.74) is 0.963. The standard InChI is InChI=1S/C17H23ClO2/c1-12(2)17-9-8-16(3,20-17)15(10-17)19-11-13-6-4-5-7-14(13)18/h4-7,12,15H,8-11H2,1-3H3/t15-,16-,17+/m1/s1. The lowest BCUT2D eigenvalue weighted by molar-refractivity contribution is -0.0959. The summed E-state index contributed by atoms with van der Waals surface area (Å²) in [6.45, 7) is 7.27. The quantitative estimate of drug-likeness (QED) is 0.808. The van der Waals surface area contributed by atoms with Crippen LogP contribution in [0, 0.1) is 5.92 Å². The molecule has 2 aliphatic heterocycles. The fourth-order valence-corrected chi connectivity index (χ4v) is 3.80. The summed E-state index contributed by atoms with van der Waals surface area (Å²) in [6, 6.07) is 7.88. The monoisotopic (exact) mass is 294 g/mol. The Balaban J connectivity index is 1.69. The van der Waals surface area contributed by atoms with E-state index in [1.807, 2.05) is 24.3 Å². The van der Waals surface area contributed by atoms with Crippen LogP contribution in [0.15, 0.2) is 24.3 Å². The molecule has 0 saturated carbocycles. The van der Waals surface area contributed by atoms with E-state index in [2.05, 4.69) is 20.8 Å². The van der Waals surface area contributed by atoms with Crippen molar-refractivity contribution in [1.29, 1.82) is 0 Å². The van der Waals surface area contributed by atoms with Crippen molar-refractivity contribution in [2.45, 2.75) is 63.9 Å². The van der Waals surface area contributed by atoms with Gasteiger partial charge in [-0.15, -0.1) is 0 Å². The summed E-state index contributed by atoms with van der Waals surface area (Å²) >= 11 is 6.19. The first kappa shape index (κ1) is 14.4. The van der Waals surface area contributed by atoms with E-state index in [0.29, 0.717) is 12.5 Å². The number of fused-ring (bicyclic) bond motifs is 2. The van der Waals surface area contributed by atoms with Crippen molar-refractivity contribution in [3.63, 3.8) is 0 Å². The minimum atomic E-state index is -0.120. The first-order chi connectivity index (χ1) is 9.45. The second-order valence-electron chi connectivity index (χ2n) is 6.73. The van der Waals surface area contributed by atoms with Gasteiger partial charge in [0, 0.05) is 11.4 Å². The van der Waals surface area contributed by atoms with Gasteiger partial charge in [0.1, 0.15) is 0 Å². The van der Waals surface area contributed by atoms with Gasteiger partial charge in [-0.3, -0.25) is 0 Å². The molecule has 110 valence electrons. The van der Waals surface area contributed by atoms with E-state index in [9.17, 15) is 0 Å². The van der Waals surface area contributed by atoms with Crippen molar-refractivity contribution in [1.82, 2.24) is 0 Å². The Bertz CT molecular complexity index is 502. The van der Waals surface area contributed by atoms with E-state index in [1.165, 1.54) is 0 Å². The first-order valence-electron chi connectivity index (χ1n) is 7.50. The molecule has 0 amide bonds. The summed E-state index contributed by atoms with van der Waals surface area (Å²) in [5.74, 6) is 0.540. The van der Waals surface area contributed by atoms with Gasteiger partial charge in [-0.2, -0.15) is 0 Å². The summed E-state index contributed by atoms with van der Waals surface area (Å²) in [6.07, 6.45) is 3.44. The molecule has 20 heavy (non-hydrogen) atoms. The van der Waals surface area contributed by atoms with E-state index in [1.54, 1.807) is 0 Å². The molecule has 3 rings (SSSR count). The Hall–Kier alpha value is -0.570. The molecule has 2 fully saturated rings. The maximum atomic E-state index is 6.38. The van der Waals surface area contributed by atoms with Gasteiger partial charge in [-0.05, 0) is 37.3 Å². The third kappa shape index (κ3) is 2.28. The molecule has 0 aliphatic carbocycles. The Labute approximate surface area is 126 Å². The van der Waals surface area contributed by atoms with Crippen LogP contribution in [0.5, 0.6) is 0 Å². The summed E-state index contributed by atoms with van der Waals surface area (Å²) < 4.78 is 12.6. The Morgan fingerprint density at radius 1 is 1.35 bits per heavy atom. The van der Waals surface area contributed by atoms with E-state index in [0.717, 1.165) is 29.8 Å². The summed E-state index contributed by atoms with van der Waals surface area (Å²) in [4.78, 5) is 0. The van der Waals surface area contributed by atoms with Crippen LogP contribution in [0.4, 0.5) is 0 Å². The second kappa shape index (κ2) is 5.01. The maximum Gasteiger partial charge on any atom is 0.0924 e. The lowest BCUT2D eigenvalue weighted by atomic mass is 9.75. The fraction of sp³-hybridized carbons (Fsp3) is 0.647. The highest BCUT2D eigenvalue weighted by atomic mass is 35.5. The molecular formula is C17H23ClO2. The highest BCUT2D eigenvalue weighted by Crippen LogP contribution is 2.55. The zero-order valence-corrected chi connectivity index (χ0v) is 13.2. The minimum absolute atomic E-state index is 0.0277. The second-order valence-corrected chi connectivity index (χ2v) is 7.14. The molecule has 2 nitrogen and oxygen atoms in total. The molecule has 0 N–H and O–H groups in total. The van der Waals surface area contributed by atoms with Crippen LogP contribution in [0.25, 0.3) is 0 Å². The molecule has 2 saturated heterocycles. The molecule has 2 aliphatic rings. The third-order valence-electron chi connectivity index (χ3n) is 5.14. The summed E-state index contributed by atoms with van der Waals surface area (Å²) in [7, 11) is 0. The zero-order chi connectivity index (χ0) is 14.4. The maximum absolute atomic E-state index is 6.38. The number of hydrogen-bond acceptors (Lipinski definition) is 2. The molecular weight excluding hydrogens is 272 g/mol. The van der Waals surface area contributed by atoms with Crippen LogP contribution >= 0.6 is 11.6 Å². The Kier molecular flexibility index (Phi) is 3.60. The molecule has 1 aromatic rings. The highest BCUT2D eigenvalue weighted by molar-refractivity contribution is 6.31. The van der Waals surface area contributed by atoms with E-state index >= 15 is 0 Å². The van der Waals surface area contributed by atoms with Crippen LogP contribution in [0.3, 0.4) is 0 Å². The van der Waals surface area contributed by atoms with Crippen molar-refractivity contribution in [2.75, 3.05) is 0 Å². The van der Waals surface area contributed by atoms with Crippen molar-refractivity contribution in [3.8, 4) is 0 Å². The van der Waals surface area contributed by atoms with Crippen LogP contribution < -0.4 is 0 Å². The molecule has 3 atom stereocenters. The zero-order valence-electron chi connectivity index (χ0n) is 12.5. The molecule has 0 spiro atoms. The van der Waals surface area contributed by atoms with Gasteiger partial charge in [0.05, 0.1) is 23.9 Å². The lowest BCUT2D eigenvalue weighted by Gasteiger charge is -2.31. The fourth-order valence-electron chi connectivity index (χ4n) is 3.61. The van der Waals surface area contributed by atoms with Gasteiger partial charge >= 0.3 is 0 Å². The Morgan fingerprint density at radius 3 is 2.75 bits per heavy atom.